The minimum atomic E-state index is -0.513. The molecule has 0 aliphatic carbocycles. The summed E-state index contributed by atoms with van der Waals surface area (Å²) in [5.74, 6) is -0.678. The molecule has 20 heavy (non-hydrogen) atoms. The van der Waals surface area contributed by atoms with Crippen LogP contribution in [-0.4, -0.2) is 33.2 Å². The monoisotopic (exact) mass is 276 g/mol. The minimum absolute atomic E-state index is 0.173. The Bertz CT molecular complexity index is 642. The van der Waals surface area contributed by atoms with Gasteiger partial charge in [-0.25, -0.2) is 4.79 Å². The van der Waals surface area contributed by atoms with Crippen molar-refractivity contribution in [2.45, 2.75) is 13.8 Å². The Morgan fingerprint density at radius 3 is 2.85 bits per heavy atom. The number of nitrogens with zero attached hydrogens (tertiary/aromatic N) is 2. The molecule has 0 saturated carbocycles. The zero-order chi connectivity index (χ0) is 14.7. The van der Waals surface area contributed by atoms with Crippen molar-refractivity contribution in [2.75, 3.05) is 11.9 Å². The van der Waals surface area contributed by atoms with Gasteiger partial charge in [-0.2, -0.15) is 5.10 Å². The Balaban J connectivity index is 2.24. The SMILES string of the molecule is CCOC(=O)c1c(NC(=O)c2cccn2C)n[nH]c1C. The summed E-state index contributed by atoms with van der Waals surface area (Å²) in [6.45, 7) is 3.67. The molecule has 0 radical (unpaired) electrons. The first-order valence-corrected chi connectivity index (χ1v) is 6.19. The molecule has 0 aromatic carbocycles. The first-order valence-electron chi connectivity index (χ1n) is 6.19. The number of aryl methyl sites for hydroxylation is 2. The molecule has 1 amide bonds. The number of anilines is 1. The van der Waals surface area contributed by atoms with Gasteiger partial charge in [-0.3, -0.25) is 9.89 Å². The van der Waals surface area contributed by atoms with E-state index < -0.39 is 5.97 Å². The third-order valence-electron chi connectivity index (χ3n) is 2.84. The molecule has 0 fully saturated rings. The van der Waals surface area contributed by atoms with E-state index in [4.69, 9.17) is 4.74 Å². The summed E-state index contributed by atoms with van der Waals surface area (Å²) in [4.78, 5) is 23.9. The number of aromatic amines is 1. The number of rotatable bonds is 4. The van der Waals surface area contributed by atoms with Crippen LogP contribution in [0.3, 0.4) is 0 Å². The van der Waals surface area contributed by atoms with Gasteiger partial charge < -0.3 is 14.6 Å². The lowest BCUT2D eigenvalue weighted by Gasteiger charge is -2.06. The molecule has 0 aliphatic rings. The molecule has 2 rings (SSSR count). The number of hydrogen-bond acceptors (Lipinski definition) is 4. The van der Waals surface area contributed by atoms with Gasteiger partial charge in [0.2, 0.25) is 0 Å². The lowest BCUT2D eigenvalue weighted by atomic mass is 10.2. The van der Waals surface area contributed by atoms with Gasteiger partial charge in [0.15, 0.2) is 5.82 Å². The van der Waals surface area contributed by atoms with Gasteiger partial charge in [0.05, 0.1) is 6.61 Å². The van der Waals surface area contributed by atoms with Crippen LogP contribution in [0.2, 0.25) is 0 Å². The van der Waals surface area contributed by atoms with E-state index in [9.17, 15) is 9.59 Å². The Morgan fingerprint density at radius 2 is 2.25 bits per heavy atom. The van der Waals surface area contributed by atoms with Gasteiger partial charge in [0.1, 0.15) is 11.3 Å². The van der Waals surface area contributed by atoms with E-state index in [1.165, 1.54) is 0 Å². The molecule has 2 heterocycles. The van der Waals surface area contributed by atoms with Crippen molar-refractivity contribution >= 4 is 17.7 Å². The molecule has 0 bridgehead atoms. The number of H-pyrrole nitrogens is 1. The third-order valence-corrected chi connectivity index (χ3v) is 2.84. The van der Waals surface area contributed by atoms with E-state index in [1.807, 2.05) is 0 Å². The van der Waals surface area contributed by atoms with Crippen molar-refractivity contribution in [3.63, 3.8) is 0 Å². The maximum atomic E-state index is 12.1. The zero-order valence-electron chi connectivity index (χ0n) is 11.6. The summed E-state index contributed by atoms with van der Waals surface area (Å²) in [7, 11) is 1.76. The highest BCUT2D eigenvalue weighted by molar-refractivity contribution is 6.06. The van der Waals surface area contributed by atoms with Crippen LogP contribution in [0.1, 0.15) is 33.5 Å². The van der Waals surface area contributed by atoms with Crippen LogP contribution in [0.25, 0.3) is 0 Å². The number of nitrogens with one attached hydrogen (secondary N) is 2. The van der Waals surface area contributed by atoms with E-state index in [0.717, 1.165) is 0 Å². The normalized spacial score (nSPS) is 10.3. The number of aromatic nitrogens is 3. The van der Waals surface area contributed by atoms with Crippen molar-refractivity contribution in [3.8, 4) is 0 Å². The van der Waals surface area contributed by atoms with Crippen molar-refractivity contribution in [3.05, 3.63) is 35.3 Å². The minimum Gasteiger partial charge on any atom is -0.462 e. The van der Waals surface area contributed by atoms with Crippen LogP contribution in [-0.2, 0) is 11.8 Å². The summed E-state index contributed by atoms with van der Waals surface area (Å²) in [6, 6.07) is 3.44. The van der Waals surface area contributed by atoms with Gasteiger partial charge in [0.25, 0.3) is 5.91 Å². The van der Waals surface area contributed by atoms with Crippen molar-refractivity contribution in [1.82, 2.24) is 14.8 Å². The number of amides is 1. The average molecular weight is 276 g/mol. The second-order valence-corrected chi connectivity index (χ2v) is 4.25. The largest absolute Gasteiger partial charge is 0.462 e. The molecule has 0 unspecified atom stereocenters. The summed E-state index contributed by atoms with van der Waals surface area (Å²) in [5.41, 5.74) is 1.26. The van der Waals surface area contributed by atoms with Gasteiger partial charge in [-0.05, 0) is 26.0 Å². The number of carbonyl (C=O) groups is 2. The molecule has 0 saturated heterocycles. The lowest BCUT2D eigenvalue weighted by molar-refractivity contribution is 0.0527. The molecule has 7 nitrogen and oxygen atoms in total. The van der Waals surface area contributed by atoms with Gasteiger partial charge in [-0.15, -0.1) is 0 Å². The molecular weight excluding hydrogens is 260 g/mol. The highest BCUT2D eigenvalue weighted by Gasteiger charge is 2.21. The van der Waals surface area contributed by atoms with Crippen LogP contribution in [0, 0.1) is 6.92 Å². The van der Waals surface area contributed by atoms with E-state index in [-0.39, 0.29) is 23.9 Å². The molecule has 0 aliphatic heterocycles. The Morgan fingerprint density at radius 1 is 1.50 bits per heavy atom. The predicted molar refractivity (Wildman–Crippen MR) is 72.6 cm³/mol. The fourth-order valence-corrected chi connectivity index (χ4v) is 1.84. The van der Waals surface area contributed by atoms with Crippen molar-refractivity contribution in [1.29, 1.82) is 0 Å². The van der Waals surface area contributed by atoms with Crippen LogP contribution < -0.4 is 5.32 Å². The lowest BCUT2D eigenvalue weighted by Crippen LogP contribution is -2.18. The molecular formula is C13H16N4O3. The Kier molecular flexibility index (Phi) is 3.88. The molecule has 2 aromatic rings. The molecule has 2 aromatic heterocycles. The number of carbonyl (C=O) groups excluding carboxylic acids is 2. The topological polar surface area (TPSA) is 89.0 Å². The molecule has 0 spiro atoms. The average Bonchev–Trinajstić information content (AvgIpc) is 2.96. The highest BCUT2D eigenvalue weighted by Crippen LogP contribution is 2.18. The third kappa shape index (κ3) is 2.56. The number of ether oxygens (including phenoxy) is 1. The summed E-state index contributed by atoms with van der Waals surface area (Å²) >= 11 is 0. The quantitative estimate of drug-likeness (QED) is 0.828. The van der Waals surface area contributed by atoms with Crippen LogP contribution >= 0.6 is 0 Å². The maximum Gasteiger partial charge on any atom is 0.343 e. The van der Waals surface area contributed by atoms with E-state index >= 15 is 0 Å². The second kappa shape index (κ2) is 5.60. The second-order valence-electron chi connectivity index (χ2n) is 4.25. The molecule has 7 heteroatoms. The molecule has 106 valence electrons. The van der Waals surface area contributed by atoms with Crippen molar-refractivity contribution in [2.24, 2.45) is 7.05 Å². The Hall–Kier alpha value is -2.57. The van der Waals surface area contributed by atoms with E-state index in [1.54, 1.807) is 43.8 Å². The fraction of sp³-hybridized carbons (Fsp3) is 0.308. The molecule has 2 N–H and O–H groups in total. The predicted octanol–water partition coefficient (Wildman–Crippen LogP) is 1.49. The van der Waals surface area contributed by atoms with Gasteiger partial charge in [-0.1, -0.05) is 0 Å². The first-order chi connectivity index (χ1) is 9.54. The highest BCUT2D eigenvalue weighted by atomic mass is 16.5. The van der Waals surface area contributed by atoms with Crippen LogP contribution in [0.4, 0.5) is 5.82 Å². The molecule has 0 atom stereocenters. The number of esters is 1. The van der Waals surface area contributed by atoms with Crippen LogP contribution in [0.5, 0.6) is 0 Å². The summed E-state index contributed by atoms with van der Waals surface area (Å²) < 4.78 is 6.63. The smallest absolute Gasteiger partial charge is 0.343 e. The maximum absolute atomic E-state index is 12.1. The Labute approximate surface area is 115 Å². The van der Waals surface area contributed by atoms with Gasteiger partial charge >= 0.3 is 5.97 Å². The standard InChI is InChI=1S/C13H16N4O3/c1-4-20-13(19)10-8(2)15-16-11(10)14-12(18)9-6-5-7-17(9)3/h5-7H,4H2,1-3H3,(H2,14,15,16,18). The fourth-order valence-electron chi connectivity index (χ4n) is 1.84. The number of hydrogen-bond donors (Lipinski definition) is 2. The van der Waals surface area contributed by atoms with Gasteiger partial charge in [0, 0.05) is 18.9 Å². The van der Waals surface area contributed by atoms with Crippen molar-refractivity contribution < 1.29 is 14.3 Å². The summed E-state index contributed by atoms with van der Waals surface area (Å²) in [6.07, 6.45) is 1.76. The van der Waals surface area contributed by atoms with E-state index in [0.29, 0.717) is 11.4 Å². The van der Waals surface area contributed by atoms with Crippen LogP contribution in [0.15, 0.2) is 18.3 Å². The van der Waals surface area contributed by atoms with E-state index in [2.05, 4.69) is 15.5 Å². The summed E-state index contributed by atoms with van der Waals surface area (Å²) in [5, 5.41) is 9.21. The first kappa shape index (κ1) is 13.9. The zero-order valence-corrected chi connectivity index (χ0v) is 11.6.